The molecule has 0 spiro atoms. The predicted molar refractivity (Wildman–Crippen MR) is 112 cm³/mol. The zero-order valence-corrected chi connectivity index (χ0v) is 17.3. The Bertz CT molecular complexity index is 929. The summed E-state index contributed by atoms with van der Waals surface area (Å²) in [5, 5.41) is 0. The van der Waals surface area contributed by atoms with Gasteiger partial charge in [0.25, 0.3) is 5.91 Å². The van der Waals surface area contributed by atoms with Gasteiger partial charge in [-0.2, -0.15) is 0 Å². The van der Waals surface area contributed by atoms with Gasteiger partial charge in [0.2, 0.25) is 0 Å². The topological polar surface area (TPSA) is 48.9 Å². The quantitative estimate of drug-likeness (QED) is 0.803. The molecule has 0 N–H and O–H groups in total. The van der Waals surface area contributed by atoms with E-state index in [0.717, 1.165) is 44.2 Å². The number of carbonyl (C=O) groups is 1. The summed E-state index contributed by atoms with van der Waals surface area (Å²) in [5.74, 6) is 2.87. The van der Waals surface area contributed by atoms with Gasteiger partial charge in [-0.25, -0.2) is 4.98 Å². The number of likely N-dealkylation sites (tertiary alicyclic amines) is 2. The molecule has 152 valence electrons. The van der Waals surface area contributed by atoms with Crippen LogP contribution in [0.4, 0.5) is 5.82 Å². The number of nitrogens with zero attached hydrogens (tertiary/aromatic N) is 4. The first kappa shape index (κ1) is 18.4. The van der Waals surface area contributed by atoms with Crippen molar-refractivity contribution >= 4 is 11.7 Å². The van der Waals surface area contributed by atoms with E-state index in [1.165, 1.54) is 11.1 Å². The molecule has 3 aliphatic heterocycles. The van der Waals surface area contributed by atoms with E-state index in [2.05, 4.69) is 35.0 Å². The number of hydrogen-bond donors (Lipinski definition) is 0. The van der Waals surface area contributed by atoms with Crippen molar-refractivity contribution in [2.24, 2.45) is 11.8 Å². The van der Waals surface area contributed by atoms with Crippen LogP contribution in [-0.4, -0.2) is 68.1 Å². The van der Waals surface area contributed by atoms with Gasteiger partial charge in [-0.3, -0.25) is 9.69 Å². The number of fused-ring (bicyclic) bond motifs is 2. The largest absolute Gasteiger partial charge is 0.497 e. The van der Waals surface area contributed by atoms with E-state index >= 15 is 0 Å². The summed E-state index contributed by atoms with van der Waals surface area (Å²) in [6, 6.07) is 12.7. The Balaban J connectivity index is 1.35. The highest BCUT2D eigenvalue weighted by Crippen LogP contribution is 2.44. The third kappa shape index (κ3) is 3.06. The fourth-order valence-electron chi connectivity index (χ4n) is 5.40. The van der Waals surface area contributed by atoms with Gasteiger partial charge in [0.1, 0.15) is 17.3 Å². The zero-order chi connectivity index (χ0) is 20.1. The van der Waals surface area contributed by atoms with Gasteiger partial charge in [0, 0.05) is 45.2 Å². The number of hydrogen-bond acceptors (Lipinski definition) is 5. The molecular weight excluding hydrogens is 364 g/mol. The van der Waals surface area contributed by atoms with Gasteiger partial charge in [-0.1, -0.05) is 18.2 Å². The summed E-state index contributed by atoms with van der Waals surface area (Å²) in [7, 11) is 5.93. The fourth-order valence-corrected chi connectivity index (χ4v) is 5.40. The highest BCUT2D eigenvalue weighted by Gasteiger charge is 2.47. The Labute approximate surface area is 172 Å². The highest BCUT2D eigenvalue weighted by atomic mass is 16.5. The minimum Gasteiger partial charge on any atom is -0.497 e. The summed E-state index contributed by atoms with van der Waals surface area (Å²) >= 11 is 0. The van der Waals surface area contributed by atoms with E-state index in [1.54, 1.807) is 7.11 Å². The monoisotopic (exact) mass is 392 g/mol. The SMILES string of the molecule is COc1ccc([C@@H]2[C@@H]3CN(C(=O)c4ccc5c(n4)N(C)CC5)C[C@@H]3CN2C)cc1. The molecular formula is C23H28N4O2. The highest BCUT2D eigenvalue weighted by molar-refractivity contribution is 5.93. The van der Waals surface area contributed by atoms with Crippen molar-refractivity contribution in [3.63, 3.8) is 0 Å². The molecule has 3 aliphatic rings. The van der Waals surface area contributed by atoms with Crippen molar-refractivity contribution in [2.45, 2.75) is 12.5 Å². The van der Waals surface area contributed by atoms with E-state index in [9.17, 15) is 4.79 Å². The van der Waals surface area contributed by atoms with Crippen molar-refractivity contribution in [3.05, 3.63) is 53.2 Å². The second-order valence-corrected chi connectivity index (χ2v) is 8.64. The number of aromatic nitrogens is 1. The van der Waals surface area contributed by atoms with Crippen molar-refractivity contribution in [2.75, 3.05) is 52.3 Å². The molecule has 2 aromatic rings. The first-order chi connectivity index (χ1) is 14.0. The number of pyridine rings is 1. The van der Waals surface area contributed by atoms with Crippen molar-refractivity contribution in [3.8, 4) is 5.75 Å². The summed E-state index contributed by atoms with van der Waals surface area (Å²) < 4.78 is 5.31. The number of benzene rings is 1. The molecule has 0 bridgehead atoms. The lowest BCUT2D eigenvalue weighted by molar-refractivity contribution is 0.0762. The minimum absolute atomic E-state index is 0.0682. The molecule has 0 radical (unpaired) electrons. The Hall–Kier alpha value is -2.60. The molecule has 1 amide bonds. The van der Waals surface area contributed by atoms with Gasteiger partial charge in [-0.05, 0) is 48.7 Å². The van der Waals surface area contributed by atoms with Crippen molar-refractivity contribution < 1.29 is 9.53 Å². The lowest BCUT2D eigenvalue weighted by Crippen LogP contribution is -2.34. The van der Waals surface area contributed by atoms with Gasteiger partial charge in [0.15, 0.2) is 0 Å². The zero-order valence-electron chi connectivity index (χ0n) is 17.3. The third-order valence-corrected chi connectivity index (χ3v) is 6.89. The van der Waals surface area contributed by atoms with Crippen LogP contribution in [-0.2, 0) is 6.42 Å². The summed E-state index contributed by atoms with van der Waals surface area (Å²) in [4.78, 5) is 24.5. The Kier molecular flexibility index (Phi) is 4.46. The normalized spacial score (nSPS) is 26.0. The molecule has 2 saturated heterocycles. The van der Waals surface area contributed by atoms with Crippen LogP contribution in [0.3, 0.4) is 0 Å². The Morgan fingerprint density at radius 3 is 2.62 bits per heavy atom. The van der Waals surface area contributed by atoms with Crippen LogP contribution in [0.25, 0.3) is 0 Å². The maximum Gasteiger partial charge on any atom is 0.272 e. The number of anilines is 1. The van der Waals surface area contributed by atoms with E-state index < -0.39 is 0 Å². The summed E-state index contributed by atoms with van der Waals surface area (Å²) in [6.45, 7) is 3.60. The predicted octanol–water partition coefficient (Wildman–Crippen LogP) is 2.46. The van der Waals surface area contributed by atoms with E-state index in [1.807, 2.05) is 30.1 Å². The second kappa shape index (κ2) is 7.02. The molecule has 1 aromatic heterocycles. The molecule has 5 rings (SSSR count). The maximum absolute atomic E-state index is 13.2. The van der Waals surface area contributed by atoms with E-state index in [-0.39, 0.29) is 5.91 Å². The lowest BCUT2D eigenvalue weighted by atomic mass is 9.89. The lowest BCUT2D eigenvalue weighted by Gasteiger charge is -2.27. The molecule has 2 fully saturated rings. The summed E-state index contributed by atoms with van der Waals surface area (Å²) in [6.07, 6.45) is 1.01. The number of likely N-dealkylation sites (N-methyl/N-ethyl adjacent to an activating group) is 1. The maximum atomic E-state index is 13.2. The average Bonchev–Trinajstić information content (AvgIpc) is 3.40. The molecule has 6 heteroatoms. The molecule has 1 aromatic carbocycles. The smallest absolute Gasteiger partial charge is 0.272 e. The standard InChI is InChI=1S/C23H28N4O2/c1-25-11-10-16-6-9-20(24-22(16)25)23(28)27-13-17-12-26(2)21(19(17)14-27)15-4-7-18(29-3)8-5-15/h4-9,17,19,21H,10-14H2,1-3H3/t17-,19+,21+/m0/s1. The van der Waals surface area contributed by atoms with Crippen LogP contribution in [0.5, 0.6) is 5.75 Å². The van der Waals surface area contributed by atoms with Crippen LogP contribution in [0.1, 0.15) is 27.7 Å². The number of amides is 1. The van der Waals surface area contributed by atoms with Crippen LogP contribution >= 0.6 is 0 Å². The second-order valence-electron chi connectivity index (χ2n) is 8.64. The molecule has 6 nitrogen and oxygen atoms in total. The van der Waals surface area contributed by atoms with Gasteiger partial charge < -0.3 is 14.5 Å². The van der Waals surface area contributed by atoms with Crippen molar-refractivity contribution in [1.82, 2.24) is 14.8 Å². The van der Waals surface area contributed by atoms with Crippen LogP contribution in [0.15, 0.2) is 36.4 Å². The number of methoxy groups -OCH3 is 1. The fraction of sp³-hybridized carbons (Fsp3) is 0.478. The van der Waals surface area contributed by atoms with Gasteiger partial charge >= 0.3 is 0 Å². The molecule has 0 aliphatic carbocycles. The molecule has 0 unspecified atom stereocenters. The Morgan fingerprint density at radius 1 is 1.07 bits per heavy atom. The number of rotatable bonds is 3. The molecule has 29 heavy (non-hydrogen) atoms. The minimum atomic E-state index is 0.0682. The van der Waals surface area contributed by atoms with Gasteiger partial charge in [-0.15, -0.1) is 0 Å². The molecule has 3 atom stereocenters. The van der Waals surface area contributed by atoms with Crippen molar-refractivity contribution in [1.29, 1.82) is 0 Å². The number of ether oxygens (including phenoxy) is 1. The average molecular weight is 393 g/mol. The molecule has 0 saturated carbocycles. The van der Waals surface area contributed by atoms with Crippen LogP contribution in [0, 0.1) is 11.8 Å². The first-order valence-corrected chi connectivity index (χ1v) is 10.4. The van der Waals surface area contributed by atoms with Crippen LogP contribution < -0.4 is 9.64 Å². The first-order valence-electron chi connectivity index (χ1n) is 10.4. The van der Waals surface area contributed by atoms with Gasteiger partial charge in [0.05, 0.1) is 7.11 Å². The van der Waals surface area contributed by atoms with E-state index in [4.69, 9.17) is 9.72 Å². The Morgan fingerprint density at radius 2 is 1.86 bits per heavy atom. The molecule has 4 heterocycles. The summed E-state index contributed by atoms with van der Waals surface area (Å²) in [5.41, 5.74) is 3.11. The van der Waals surface area contributed by atoms with E-state index in [0.29, 0.717) is 23.6 Å². The third-order valence-electron chi connectivity index (χ3n) is 6.89. The van der Waals surface area contributed by atoms with Crippen LogP contribution in [0.2, 0.25) is 0 Å². The number of carbonyl (C=O) groups excluding carboxylic acids is 1.